The number of hydrogen-bond acceptors (Lipinski definition) is 15. The van der Waals surface area contributed by atoms with Crippen molar-refractivity contribution in [3.63, 3.8) is 0 Å². The maximum absolute atomic E-state index is 15.8. The molecule has 0 aliphatic carbocycles. The zero-order valence-electron chi connectivity index (χ0n) is 20.9. The normalized spacial score (nSPS) is 39.5. The molecule has 0 saturated carbocycles. The quantitative estimate of drug-likeness (QED) is 0.0831. The maximum Gasteiger partial charge on any atom is 0.481 e. The molecule has 1 aromatic heterocycles. The van der Waals surface area contributed by atoms with E-state index in [-0.39, 0.29) is 0 Å². The van der Waals surface area contributed by atoms with Crippen LogP contribution in [0.5, 0.6) is 0 Å². The fourth-order valence-corrected chi connectivity index (χ4v) is 7.28. The van der Waals surface area contributed by atoms with E-state index in [2.05, 4.69) is 27.2 Å². The lowest BCUT2D eigenvalue weighted by atomic mass is 9.89. The molecule has 9 N–H and O–H groups in total. The van der Waals surface area contributed by atoms with Crippen LogP contribution in [-0.4, -0.2) is 117 Å². The second-order valence-corrected chi connectivity index (χ2v) is 13.7. The average Bonchev–Trinajstić information content (AvgIpc) is 3.08. The number of phosphoric acid groups is 1. The molecule has 0 bridgehead atoms. The Morgan fingerprint density at radius 2 is 1.90 bits per heavy atom. The summed E-state index contributed by atoms with van der Waals surface area (Å²) in [5.74, 6) is 0. The van der Waals surface area contributed by atoms with Gasteiger partial charge >= 0.3 is 20.2 Å². The third-order valence-corrected chi connectivity index (χ3v) is 9.80. The highest BCUT2D eigenvalue weighted by Gasteiger charge is 2.63. The third-order valence-electron chi connectivity index (χ3n) is 6.30. The van der Waals surface area contributed by atoms with Crippen LogP contribution in [0.25, 0.3) is 0 Å². The Morgan fingerprint density at radius 1 is 1.27 bits per heavy atom. The van der Waals surface area contributed by atoms with Gasteiger partial charge < -0.3 is 54.4 Å². The lowest BCUT2D eigenvalue weighted by molar-refractivity contribution is -0.292. The highest BCUT2D eigenvalue weighted by Crippen LogP contribution is 2.62. The van der Waals surface area contributed by atoms with Crippen molar-refractivity contribution in [2.75, 3.05) is 13.2 Å². The molecule has 18 nitrogen and oxygen atoms in total. The van der Waals surface area contributed by atoms with E-state index in [4.69, 9.17) is 19.1 Å². The number of H-pyrrole nitrogens is 1. The van der Waals surface area contributed by atoms with E-state index in [1.807, 2.05) is 4.98 Å². The predicted molar refractivity (Wildman–Crippen MR) is 134 cm³/mol. The van der Waals surface area contributed by atoms with Crippen LogP contribution in [0, 0.1) is 0 Å². The number of aliphatic hydroxyl groups is 6. The van der Waals surface area contributed by atoms with Gasteiger partial charge in [0.25, 0.3) is 5.56 Å². The first-order chi connectivity index (χ1) is 18.8. The summed E-state index contributed by atoms with van der Waals surface area (Å²) < 4.78 is 53.5. The first kappa shape index (κ1) is 34.2. The molecule has 0 aromatic carbocycles. The summed E-state index contributed by atoms with van der Waals surface area (Å²) in [6.07, 6.45) is -14.7. The lowest BCUT2D eigenvalue weighted by Gasteiger charge is -2.41. The summed E-state index contributed by atoms with van der Waals surface area (Å²) in [6.45, 7) is -2.48. The number of aromatic nitrogens is 2. The van der Waals surface area contributed by atoms with Crippen LogP contribution < -0.4 is 11.2 Å². The predicted octanol–water partition coefficient (Wildman–Crippen LogP) is -3.39. The van der Waals surface area contributed by atoms with E-state index >= 15 is 4.39 Å². The minimum absolute atomic E-state index is 0.612. The summed E-state index contributed by atoms with van der Waals surface area (Å²) in [6, 6.07) is 0.881. The van der Waals surface area contributed by atoms with Gasteiger partial charge in [-0.3, -0.25) is 18.9 Å². The molecule has 2 fully saturated rings. The van der Waals surface area contributed by atoms with Gasteiger partial charge in [-0.1, -0.05) is 6.58 Å². The van der Waals surface area contributed by atoms with Gasteiger partial charge in [0.15, 0.2) is 12.5 Å². The molecule has 0 spiro atoms. The Kier molecular flexibility index (Phi) is 10.3. The number of aromatic amines is 1. The van der Waals surface area contributed by atoms with Crippen LogP contribution in [0.2, 0.25) is 0 Å². The average molecular weight is 654 g/mol. The summed E-state index contributed by atoms with van der Waals surface area (Å²) >= 11 is 4.68. The fourth-order valence-electron chi connectivity index (χ4n) is 4.12. The summed E-state index contributed by atoms with van der Waals surface area (Å²) in [7, 11) is -5.56. The van der Waals surface area contributed by atoms with Crippen LogP contribution >= 0.6 is 14.5 Å². The number of nitrogens with one attached hydrogen (secondary N) is 1. The van der Waals surface area contributed by atoms with Gasteiger partial charge in [0.1, 0.15) is 42.2 Å². The van der Waals surface area contributed by atoms with Crippen LogP contribution in [0.1, 0.15) is 13.2 Å². The monoisotopic (exact) mass is 654 g/mol. The van der Waals surface area contributed by atoms with Gasteiger partial charge in [-0.15, -0.1) is 0 Å². The van der Waals surface area contributed by atoms with Crippen molar-refractivity contribution in [1.82, 2.24) is 9.55 Å². The van der Waals surface area contributed by atoms with E-state index in [1.54, 1.807) is 0 Å². The highest BCUT2D eigenvalue weighted by atomic mass is 32.5. The van der Waals surface area contributed by atoms with Crippen molar-refractivity contribution in [3.05, 3.63) is 45.8 Å². The van der Waals surface area contributed by atoms with Crippen molar-refractivity contribution >= 4 is 26.3 Å². The number of rotatable bonds is 11. The Hall–Kier alpha value is -1.29. The second kappa shape index (κ2) is 12.4. The molecule has 1 aromatic rings. The van der Waals surface area contributed by atoms with Gasteiger partial charge in [-0.2, -0.15) is 0 Å². The molecule has 41 heavy (non-hydrogen) atoms. The molecule has 3 rings (SSSR count). The Balaban J connectivity index is 1.74. The van der Waals surface area contributed by atoms with E-state index in [0.29, 0.717) is 10.6 Å². The SMILES string of the molecule is C=C[C@]1(F)[C@H](n2ccc(=O)[nH]c2=O)O[C@](C)(COP(O)(=S)OP(=O)(O)OC2OC([C@@H](O)CO)C(O)C(O)C2O)[C@H]1O. The van der Waals surface area contributed by atoms with Gasteiger partial charge in [-0.25, -0.2) is 18.1 Å². The number of ether oxygens (including phenoxy) is 2. The molecule has 2 aliphatic heterocycles. The largest absolute Gasteiger partial charge is 0.481 e. The standard InChI is InChI=1S/C19H29FN2O16P2S/c1-3-19(20)15(29)18(2,36-16(19)22-5-4-9(25)21-17(22)30)7-34-40(33,41)38-39(31,32)37-14-12(28)10(26)11(27)13(35-14)8(24)6-23/h3-5,8,10-16,23-24,26-29H,1,6-7H2,2H3,(H,31,32)(H,33,41)(H,21,25,30)/t8-,10?,11?,12?,13?,14?,15+,16+,18+,19+,40?/m0/s1. The van der Waals surface area contributed by atoms with Gasteiger partial charge in [-0.05, 0) is 24.8 Å². The second-order valence-electron chi connectivity index (χ2n) is 9.32. The first-order valence-corrected chi connectivity index (χ1v) is 15.6. The molecule has 0 radical (unpaired) electrons. The zero-order chi connectivity index (χ0) is 31.1. The van der Waals surface area contributed by atoms with Crippen LogP contribution in [0.3, 0.4) is 0 Å². The molecule has 7 unspecified atom stereocenters. The lowest BCUT2D eigenvalue weighted by Crippen LogP contribution is -2.61. The summed E-state index contributed by atoms with van der Waals surface area (Å²) in [4.78, 5) is 45.9. The molecule has 3 heterocycles. The first-order valence-electron chi connectivity index (χ1n) is 11.5. The summed E-state index contributed by atoms with van der Waals surface area (Å²) in [5, 5.41) is 59.4. The topological polar surface area (TPSA) is 280 Å². The number of aliphatic hydroxyl groups excluding tert-OH is 6. The molecule has 0 amide bonds. The minimum atomic E-state index is -5.56. The zero-order valence-corrected chi connectivity index (χ0v) is 23.5. The van der Waals surface area contributed by atoms with Crippen LogP contribution in [0.15, 0.2) is 34.5 Å². The van der Waals surface area contributed by atoms with E-state index in [9.17, 15) is 49.5 Å². The van der Waals surface area contributed by atoms with Crippen LogP contribution in [0.4, 0.5) is 4.39 Å². The number of nitrogens with zero attached hydrogens (tertiary/aromatic N) is 1. The van der Waals surface area contributed by atoms with Crippen molar-refractivity contribution in [1.29, 1.82) is 0 Å². The number of halogens is 1. The Bertz CT molecular complexity index is 1330. The molecular formula is C19H29FN2O16P2S. The van der Waals surface area contributed by atoms with Crippen molar-refractivity contribution < 1.29 is 72.2 Å². The maximum atomic E-state index is 15.8. The Morgan fingerprint density at radius 3 is 2.46 bits per heavy atom. The number of hydrogen-bond donors (Lipinski definition) is 9. The molecule has 22 heteroatoms. The van der Waals surface area contributed by atoms with Crippen molar-refractivity contribution in [2.24, 2.45) is 0 Å². The van der Waals surface area contributed by atoms with E-state index < -0.39 is 99.4 Å². The number of alkyl halides is 1. The number of phosphoric ester groups is 1. The third kappa shape index (κ3) is 7.10. The highest BCUT2D eigenvalue weighted by molar-refractivity contribution is 8.08. The van der Waals surface area contributed by atoms with Gasteiger partial charge in [0.2, 0.25) is 5.67 Å². The van der Waals surface area contributed by atoms with Crippen molar-refractivity contribution in [3.8, 4) is 0 Å². The molecule has 2 saturated heterocycles. The molecular weight excluding hydrogens is 625 g/mol. The molecule has 234 valence electrons. The minimum Gasteiger partial charge on any atom is -0.394 e. The van der Waals surface area contributed by atoms with Crippen molar-refractivity contribution in [2.45, 2.75) is 67.3 Å². The summed E-state index contributed by atoms with van der Waals surface area (Å²) in [5.41, 5.74) is -6.90. The van der Waals surface area contributed by atoms with E-state index in [1.165, 1.54) is 0 Å². The fraction of sp³-hybridized carbons (Fsp3) is 0.684. The van der Waals surface area contributed by atoms with Crippen LogP contribution in [-0.2, 0) is 39.2 Å². The van der Waals surface area contributed by atoms with E-state index in [0.717, 1.165) is 19.2 Å². The molecule has 2 aliphatic rings. The smallest absolute Gasteiger partial charge is 0.394 e. The Labute approximate surface area is 234 Å². The molecule has 12 atom stereocenters. The van der Waals surface area contributed by atoms with Gasteiger partial charge in [0, 0.05) is 12.3 Å². The van der Waals surface area contributed by atoms with Gasteiger partial charge in [0.05, 0.1) is 13.2 Å².